The molecule has 0 aromatic heterocycles. The fourth-order valence-corrected chi connectivity index (χ4v) is 7.93. The molecular formula is C24H32O10. The Kier molecular flexibility index (Phi) is 5.54. The van der Waals surface area contributed by atoms with Gasteiger partial charge < -0.3 is 29.5 Å². The highest BCUT2D eigenvalue weighted by Gasteiger charge is 2.78. The van der Waals surface area contributed by atoms with Gasteiger partial charge in [-0.2, -0.15) is 0 Å². The highest BCUT2D eigenvalue weighted by Crippen LogP contribution is 2.69. The van der Waals surface area contributed by atoms with Crippen LogP contribution in [0.1, 0.15) is 48.0 Å². The zero-order valence-electron chi connectivity index (χ0n) is 20.1. The number of ether oxygens (including phenoxy) is 3. The molecule has 0 radical (unpaired) electrons. The van der Waals surface area contributed by atoms with Gasteiger partial charge in [0.1, 0.15) is 11.7 Å². The monoisotopic (exact) mass is 480 g/mol. The summed E-state index contributed by atoms with van der Waals surface area (Å²) in [7, 11) is 0. The SMILES string of the molecule is CC(=O)OC1C(O)C2C3(C)C(OC(C)=O)C(=O)C=C(C)C3C(O)C3OC(=O)CC(C1(C)O)C32C. The predicted molar refractivity (Wildman–Crippen MR) is 114 cm³/mol. The standard InChI is InChI=1S/C24H32O10/c1-9-7-12(27)19(32-10(2)25)23(5)15(9)16(29)20-22(4)13(8-14(28)34-20)24(6,31)21(33-11(3)26)17(30)18(22)23/h7,13,15-21,29-31H,8H2,1-6H3. The van der Waals surface area contributed by atoms with Crippen LogP contribution in [0.4, 0.5) is 0 Å². The molecule has 3 fully saturated rings. The van der Waals surface area contributed by atoms with Crippen molar-refractivity contribution in [2.75, 3.05) is 0 Å². The summed E-state index contributed by atoms with van der Waals surface area (Å²) in [5, 5.41) is 34.9. The maximum Gasteiger partial charge on any atom is 0.306 e. The summed E-state index contributed by atoms with van der Waals surface area (Å²) in [6, 6.07) is 0. The van der Waals surface area contributed by atoms with Gasteiger partial charge in [0.25, 0.3) is 0 Å². The Morgan fingerprint density at radius 2 is 1.62 bits per heavy atom. The molecule has 4 rings (SSSR count). The summed E-state index contributed by atoms with van der Waals surface area (Å²) >= 11 is 0. The van der Waals surface area contributed by atoms with Crippen LogP contribution in [0.15, 0.2) is 11.6 Å². The van der Waals surface area contributed by atoms with Crippen molar-refractivity contribution in [2.45, 2.75) is 84.1 Å². The third-order valence-electron chi connectivity index (χ3n) is 8.85. The van der Waals surface area contributed by atoms with Crippen LogP contribution in [0.2, 0.25) is 0 Å². The lowest BCUT2D eigenvalue weighted by Crippen LogP contribution is -2.81. The van der Waals surface area contributed by atoms with Gasteiger partial charge in [-0.15, -0.1) is 0 Å². The van der Waals surface area contributed by atoms with Crippen molar-refractivity contribution in [3.05, 3.63) is 11.6 Å². The van der Waals surface area contributed by atoms with Crippen LogP contribution in [0.3, 0.4) is 0 Å². The van der Waals surface area contributed by atoms with E-state index in [1.807, 2.05) is 0 Å². The van der Waals surface area contributed by atoms with E-state index in [1.165, 1.54) is 13.0 Å². The third kappa shape index (κ3) is 3.04. The molecule has 0 amide bonds. The maximum atomic E-state index is 13.1. The number of aliphatic hydroxyl groups is 3. The van der Waals surface area contributed by atoms with E-state index in [4.69, 9.17) is 14.2 Å². The predicted octanol–water partition coefficient (Wildman–Crippen LogP) is 0.0555. The third-order valence-corrected chi connectivity index (χ3v) is 8.85. The van der Waals surface area contributed by atoms with Gasteiger partial charge in [0.15, 0.2) is 18.0 Å². The molecule has 34 heavy (non-hydrogen) atoms. The molecule has 11 atom stereocenters. The van der Waals surface area contributed by atoms with E-state index < -0.39 is 88.4 Å². The number of carbonyl (C=O) groups is 4. The first-order chi connectivity index (χ1) is 15.6. The molecule has 11 unspecified atom stereocenters. The molecule has 0 bridgehead atoms. The topological polar surface area (TPSA) is 157 Å². The van der Waals surface area contributed by atoms with Gasteiger partial charge in [0.05, 0.1) is 18.6 Å². The smallest absolute Gasteiger partial charge is 0.306 e. The number of fused-ring (bicyclic) bond motifs is 2. The number of hydrogen-bond donors (Lipinski definition) is 3. The van der Waals surface area contributed by atoms with Crippen LogP contribution in [0.25, 0.3) is 0 Å². The molecule has 3 N–H and O–H groups in total. The quantitative estimate of drug-likeness (QED) is 0.365. The minimum absolute atomic E-state index is 0.255. The van der Waals surface area contributed by atoms with E-state index in [2.05, 4.69) is 0 Å². The molecule has 0 aromatic rings. The zero-order chi connectivity index (χ0) is 25.5. The summed E-state index contributed by atoms with van der Waals surface area (Å²) in [6.07, 6.45) is -5.73. The summed E-state index contributed by atoms with van der Waals surface area (Å²) in [4.78, 5) is 49.7. The number of rotatable bonds is 2. The summed E-state index contributed by atoms with van der Waals surface area (Å²) in [6.45, 7) is 8.67. The average molecular weight is 481 g/mol. The van der Waals surface area contributed by atoms with Crippen LogP contribution in [0, 0.1) is 28.6 Å². The van der Waals surface area contributed by atoms with Crippen molar-refractivity contribution in [1.29, 1.82) is 0 Å². The second-order valence-electron chi connectivity index (χ2n) is 10.9. The first-order valence-corrected chi connectivity index (χ1v) is 11.4. The second kappa shape index (κ2) is 7.60. The molecule has 3 aliphatic carbocycles. The molecule has 1 saturated heterocycles. The molecule has 1 heterocycles. The van der Waals surface area contributed by atoms with Gasteiger partial charge in [0, 0.05) is 42.4 Å². The zero-order valence-corrected chi connectivity index (χ0v) is 20.1. The van der Waals surface area contributed by atoms with Gasteiger partial charge in [0.2, 0.25) is 0 Å². The van der Waals surface area contributed by atoms with Crippen molar-refractivity contribution >= 4 is 23.7 Å². The van der Waals surface area contributed by atoms with Crippen molar-refractivity contribution < 1.29 is 48.7 Å². The molecule has 4 aliphatic rings. The lowest BCUT2D eigenvalue weighted by Gasteiger charge is -2.71. The van der Waals surface area contributed by atoms with Crippen molar-refractivity contribution in [2.24, 2.45) is 28.6 Å². The van der Waals surface area contributed by atoms with Gasteiger partial charge in [-0.05, 0) is 19.9 Å². The molecule has 2 saturated carbocycles. The Balaban J connectivity index is 2.02. The van der Waals surface area contributed by atoms with Crippen molar-refractivity contribution in [1.82, 2.24) is 0 Å². The highest BCUT2D eigenvalue weighted by atomic mass is 16.6. The number of ketones is 1. The first-order valence-electron chi connectivity index (χ1n) is 11.4. The Morgan fingerprint density at radius 1 is 1.03 bits per heavy atom. The maximum absolute atomic E-state index is 13.1. The number of hydrogen-bond acceptors (Lipinski definition) is 10. The minimum Gasteiger partial charge on any atom is -0.459 e. The van der Waals surface area contributed by atoms with Crippen LogP contribution in [-0.2, 0) is 33.4 Å². The summed E-state index contributed by atoms with van der Waals surface area (Å²) in [5.41, 5.74) is -4.01. The fraction of sp³-hybridized carbons (Fsp3) is 0.750. The van der Waals surface area contributed by atoms with Crippen LogP contribution in [-0.4, -0.2) is 75.1 Å². The largest absolute Gasteiger partial charge is 0.459 e. The van der Waals surface area contributed by atoms with Crippen molar-refractivity contribution in [3.8, 4) is 0 Å². The van der Waals surface area contributed by atoms with Gasteiger partial charge >= 0.3 is 17.9 Å². The lowest BCUT2D eigenvalue weighted by molar-refractivity contribution is -0.339. The number of aliphatic hydroxyl groups excluding tert-OH is 2. The van der Waals surface area contributed by atoms with E-state index in [9.17, 15) is 34.5 Å². The molecule has 1 aliphatic heterocycles. The molecule has 10 nitrogen and oxygen atoms in total. The summed E-state index contributed by atoms with van der Waals surface area (Å²) in [5.74, 6) is -5.31. The van der Waals surface area contributed by atoms with Crippen LogP contribution in [0.5, 0.6) is 0 Å². The Hall–Kier alpha value is -2.30. The number of carbonyl (C=O) groups excluding carboxylic acids is 4. The molecular weight excluding hydrogens is 448 g/mol. The van der Waals surface area contributed by atoms with E-state index in [1.54, 1.807) is 20.8 Å². The van der Waals surface area contributed by atoms with Gasteiger partial charge in [-0.3, -0.25) is 19.2 Å². The molecule has 188 valence electrons. The Labute approximate surface area is 197 Å². The van der Waals surface area contributed by atoms with Crippen LogP contribution >= 0.6 is 0 Å². The summed E-state index contributed by atoms with van der Waals surface area (Å²) < 4.78 is 16.5. The molecule has 10 heteroatoms. The van der Waals surface area contributed by atoms with E-state index in [0.717, 1.165) is 13.8 Å². The normalized spacial score (nSPS) is 49.7. The van der Waals surface area contributed by atoms with Crippen LogP contribution < -0.4 is 0 Å². The molecule has 0 spiro atoms. The van der Waals surface area contributed by atoms with E-state index in [-0.39, 0.29) is 6.42 Å². The Bertz CT molecular complexity index is 984. The Morgan fingerprint density at radius 3 is 2.18 bits per heavy atom. The second-order valence-corrected chi connectivity index (χ2v) is 10.9. The lowest BCUT2D eigenvalue weighted by atomic mass is 9.37. The van der Waals surface area contributed by atoms with E-state index >= 15 is 0 Å². The fourth-order valence-electron chi connectivity index (χ4n) is 7.93. The van der Waals surface area contributed by atoms with Gasteiger partial charge in [-0.25, -0.2) is 0 Å². The highest BCUT2D eigenvalue weighted by molar-refractivity contribution is 5.97. The van der Waals surface area contributed by atoms with Gasteiger partial charge in [-0.1, -0.05) is 19.4 Å². The molecule has 0 aromatic carbocycles. The first kappa shape index (κ1) is 24.8. The minimum atomic E-state index is -1.86. The number of esters is 3. The average Bonchev–Trinajstić information content (AvgIpc) is 2.68. The van der Waals surface area contributed by atoms with E-state index in [0.29, 0.717) is 5.57 Å². The van der Waals surface area contributed by atoms with Crippen molar-refractivity contribution in [3.63, 3.8) is 0 Å².